The Bertz CT molecular complexity index is 1080. The van der Waals surface area contributed by atoms with Crippen LogP contribution in [0.15, 0.2) is 54.6 Å². The van der Waals surface area contributed by atoms with Gasteiger partial charge in [-0.05, 0) is 56.2 Å². The molecule has 4 nitrogen and oxygen atoms in total. The minimum Gasteiger partial charge on any atom is -0.497 e. The molecule has 0 saturated heterocycles. The molecule has 4 aromatic rings. The number of fused-ring (bicyclic) bond motifs is 1. The van der Waals surface area contributed by atoms with Gasteiger partial charge in [-0.2, -0.15) is 5.10 Å². The van der Waals surface area contributed by atoms with Crippen molar-refractivity contribution in [1.29, 1.82) is 0 Å². The maximum Gasteiger partial charge on any atom is 0.163 e. The van der Waals surface area contributed by atoms with Gasteiger partial charge in [-0.25, -0.2) is 9.67 Å². The van der Waals surface area contributed by atoms with Crippen molar-refractivity contribution in [3.63, 3.8) is 0 Å². The molecule has 0 bridgehead atoms. The molecule has 0 spiro atoms. The van der Waals surface area contributed by atoms with Crippen LogP contribution in [0.5, 0.6) is 5.75 Å². The van der Waals surface area contributed by atoms with E-state index in [0.29, 0.717) is 0 Å². The lowest BCUT2D eigenvalue weighted by molar-refractivity contribution is 0.415. The van der Waals surface area contributed by atoms with Gasteiger partial charge in [-0.3, -0.25) is 0 Å². The predicted octanol–water partition coefficient (Wildman–Crippen LogP) is 5.02. The second-order valence-corrected chi connectivity index (χ2v) is 6.46. The van der Waals surface area contributed by atoms with E-state index in [2.05, 4.69) is 38.1 Å². The van der Waals surface area contributed by atoms with E-state index in [9.17, 15) is 0 Å². The number of hydrogen-bond acceptors (Lipinski definition) is 3. The standard InChI is InChI=1S/C22H21N3O/c1-14-20(17-10-12-19(26-4)13-11-17)15(2)23-22-21(14)16(3)24-25(22)18-8-6-5-7-9-18/h5-13H,1-4H3. The van der Waals surface area contributed by atoms with Crippen LogP contribution in [-0.2, 0) is 0 Å². The lowest BCUT2D eigenvalue weighted by atomic mass is 9.96. The Morgan fingerprint density at radius 1 is 0.846 bits per heavy atom. The van der Waals surface area contributed by atoms with Crippen molar-refractivity contribution in [3.8, 4) is 22.6 Å². The molecule has 0 N–H and O–H groups in total. The minimum absolute atomic E-state index is 0.853. The third kappa shape index (κ3) is 2.54. The van der Waals surface area contributed by atoms with Crippen molar-refractivity contribution >= 4 is 11.0 Å². The van der Waals surface area contributed by atoms with Crippen LogP contribution in [0.2, 0.25) is 0 Å². The van der Waals surface area contributed by atoms with Gasteiger partial charge in [0.15, 0.2) is 5.65 Å². The Balaban J connectivity index is 1.96. The molecule has 0 fully saturated rings. The summed E-state index contributed by atoms with van der Waals surface area (Å²) in [7, 11) is 1.68. The molecule has 0 aliphatic rings. The van der Waals surface area contributed by atoms with Crippen LogP contribution in [0.25, 0.3) is 27.8 Å². The molecule has 2 aromatic carbocycles. The summed E-state index contributed by atoms with van der Waals surface area (Å²) in [6.07, 6.45) is 0. The van der Waals surface area contributed by atoms with E-state index in [1.165, 1.54) is 5.56 Å². The summed E-state index contributed by atoms with van der Waals surface area (Å²) in [5.41, 5.74) is 7.42. The number of ether oxygens (including phenoxy) is 1. The van der Waals surface area contributed by atoms with E-state index < -0.39 is 0 Å². The van der Waals surface area contributed by atoms with Crippen molar-refractivity contribution in [2.45, 2.75) is 20.8 Å². The van der Waals surface area contributed by atoms with Crippen LogP contribution in [0, 0.1) is 20.8 Å². The molecule has 0 amide bonds. The van der Waals surface area contributed by atoms with Gasteiger partial charge in [0, 0.05) is 16.6 Å². The lowest BCUT2D eigenvalue weighted by Crippen LogP contribution is -2.00. The van der Waals surface area contributed by atoms with Crippen molar-refractivity contribution < 1.29 is 4.74 Å². The average molecular weight is 343 g/mol. The first-order chi connectivity index (χ1) is 12.6. The van der Waals surface area contributed by atoms with Crippen molar-refractivity contribution in [3.05, 3.63) is 71.5 Å². The SMILES string of the molecule is COc1ccc(-c2c(C)nc3c(c(C)nn3-c3ccccc3)c2C)cc1. The van der Waals surface area contributed by atoms with Crippen molar-refractivity contribution in [1.82, 2.24) is 14.8 Å². The molecule has 0 atom stereocenters. The van der Waals surface area contributed by atoms with Gasteiger partial charge in [0.1, 0.15) is 5.75 Å². The first-order valence-electron chi connectivity index (χ1n) is 8.66. The summed E-state index contributed by atoms with van der Waals surface area (Å²) in [5, 5.41) is 5.87. The zero-order valence-corrected chi connectivity index (χ0v) is 15.4. The summed E-state index contributed by atoms with van der Waals surface area (Å²) in [4.78, 5) is 4.92. The van der Waals surface area contributed by atoms with Gasteiger partial charge < -0.3 is 4.74 Å². The molecule has 26 heavy (non-hydrogen) atoms. The first-order valence-corrected chi connectivity index (χ1v) is 8.66. The van der Waals surface area contributed by atoms with Crippen LogP contribution < -0.4 is 4.74 Å². The van der Waals surface area contributed by atoms with Crippen LogP contribution >= 0.6 is 0 Å². The van der Waals surface area contributed by atoms with Crippen molar-refractivity contribution in [2.24, 2.45) is 0 Å². The minimum atomic E-state index is 0.853. The number of methoxy groups -OCH3 is 1. The van der Waals surface area contributed by atoms with E-state index in [1.54, 1.807) is 7.11 Å². The Morgan fingerprint density at radius 3 is 2.19 bits per heavy atom. The monoisotopic (exact) mass is 343 g/mol. The molecular formula is C22H21N3O. The summed E-state index contributed by atoms with van der Waals surface area (Å²) in [6, 6.07) is 18.3. The van der Waals surface area contributed by atoms with E-state index >= 15 is 0 Å². The number of nitrogens with zero attached hydrogens (tertiary/aromatic N) is 3. The summed E-state index contributed by atoms with van der Waals surface area (Å²) in [6.45, 7) is 6.26. The molecule has 0 aliphatic heterocycles. The van der Waals surface area contributed by atoms with Crippen LogP contribution in [0.1, 0.15) is 17.0 Å². The topological polar surface area (TPSA) is 39.9 Å². The maximum absolute atomic E-state index is 5.28. The quantitative estimate of drug-likeness (QED) is 0.524. The lowest BCUT2D eigenvalue weighted by Gasteiger charge is -2.12. The van der Waals surface area contributed by atoms with E-state index in [4.69, 9.17) is 14.8 Å². The first kappa shape index (κ1) is 16.3. The molecule has 0 aliphatic carbocycles. The molecule has 0 unspecified atom stereocenters. The Morgan fingerprint density at radius 2 is 1.54 bits per heavy atom. The average Bonchev–Trinajstić information content (AvgIpc) is 2.99. The van der Waals surface area contributed by atoms with E-state index in [1.807, 2.05) is 41.9 Å². The smallest absolute Gasteiger partial charge is 0.163 e. The van der Waals surface area contributed by atoms with Gasteiger partial charge in [-0.15, -0.1) is 0 Å². The molecule has 0 radical (unpaired) electrons. The Kier molecular flexibility index (Phi) is 3.96. The molecule has 4 heteroatoms. The number of benzene rings is 2. The van der Waals surface area contributed by atoms with Gasteiger partial charge in [0.25, 0.3) is 0 Å². The van der Waals surface area contributed by atoms with E-state index in [0.717, 1.165) is 45.0 Å². The van der Waals surface area contributed by atoms with Crippen LogP contribution in [-0.4, -0.2) is 21.9 Å². The normalized spacial score (nSPS) is 11.1. The maximum atomic E-state index is 5.28. The van der Waals surface area contributed by atoms with Gasteiger partial charge in [-0.1, -0.05) is 30.3 Å². The third-order valence-corrected chi connectivity index (χ3v) is 4.80. The van der Waals surface area contributed by atoms with Crippen LogP contribution in [0.4, 0.5) is 0 Å². The Hall–Kier alpha value is -3.14. The number of aromatic nitrogens is 3. The highest BCUT2D eigenvalue weighted by atomic mass is 16.5. The molecular weight excluding hydrogens is 322 g/mol. The zero-order chi connectivity index (χ0) is 18.3. The van der Waals surface area contributed by atoms with Gasteiger partial charge in [0.05, 0.1) is 18.5 Å². The Labute approximate surface area is 153 Å². The molecule has 2 heterocycles. The zero-order valence-electron chi connectivity index (χ0n) is 15.4. The second kappa shape index (κ2) is 6.30. The highest BCUT2D eigenvalue weighted by molar-refractivity contribution is 5.90. The van der Waals surface area contributed by atoms with E-state index in [-0.39, 0.29) is 0 Å². The number of aryl methyl sites for hydroxylation is 3. The van der Waals surface area contributed by atoms with Crippen molar-refractivity contribution in [2.75, 3.05) is 7.11 Å². The molecule has 130 valence electrons. The van der Waals surface area contributed by atoms with Crippen LogP contribution in [0.3, 0.4) is 0 Å². The molecule has 0 saturated carbocycles. The summed E-state index contributed by atoms with van der Waals surface area (Å²) >= 11 is 0. The van der Waals surface area contributed by atoms with Gasteiger partial charge >= 0.3 is 0 Å². The summed E-state index contributed by atoms with van der Waals surface area (Å²) < 4.78 is 7.21. The fourth-order valence-electron chi connectivity index (χ4n) is 3.60. The second-order valence-electron chi connectivity index (χ2n) is 6.46. The number of para-hydroxylation sites is 1. The highest BCUT2D eigenvalue weighted by Crippen LogP contribution is 2.34. The predicted molar refractivity (Wildman–Crippen MR) is 105 cm³/mol. The largest absolute Gasteiger partial charge is 0.497 e. The number of hydrogen-bond donors (Lipinski definition) is 0. The summed E-state index contributed by atoms with van der Waals surface area (Å²) in [5.74, 6) is 0.853. The number of rotatable bonds is 3. The molecule has 2 aromatic heterocycles. The highest BCUT2D eigenvalue weighted by Gasteiger charge is 2.18. The third-order valence-electron chi connectivity index (χ3n) is 4.80. The number of pyridine rings is 1. The fourth-order valence-corrected chi connectivity index (χ4v) is 3.60. The molecule has 4 rings (SSSR count). The van der Waals surface area contributed by atoms with Gasteiger partial charge in [0.2, 0.25) is 0 Å². The fraction of sp³-hybridized carbons (Fsp3) is 0.182.